The van der Waals surface area contributed by atoms with Crippen molar-refractivity contribution in [2.45, 2.75) is 6.92 Å². The lowest BCUT2D eigenvalue weighted by Crippen LogP contribution is -2.49. The highest BCUT2D eigenvalue weighted by Gasteiger charge is 2.25. The van der Waals surface area contributed by atoms with Crippen molar-refractivity contribution in [2.75, 3.05) is 31.1 Å². The molecule has 8 nitrogen and oxygen atoms in total. The van der Waals surface area contributed by atoms with Crippen LogP contribution < -0.4 is 4.90 Å². The lowest BCUT2D eigenvalue weighted by atomic mass is 10.2. The summed E-state index contributed by atoms with van der Waals surface area (Å²) in [6, 6.07) is 5.56. The summed E-state index contributed by atoms with van der Waals surface area (Å²) in [5, 5.41) is 13.2. The fourth-order valence-electron chi connectivity index (χ4n) is 3.09. The number of nitrogens with zero attached hydrogens (tertiary/aromatic N) is 7. The topological polar surface area (TPSA) is 71.6 Å². The van der Waals surface area contributed by atoms with Crippen LogP contribution in [0, 0.1) is 6.92 Å². The first-order valence-electron chi connectivity index (χ1n) is 8.08. The normalized spacial score (nSPS) is 15.2. The fraction of sp³-hybridized carbons (Fsp3) is 0.375. The van der Waals surface area contributed by atoms with Crippen LogP contribution in [-0.2, 0) is 7.05 Å². The van der Waals surface area contributed by atoms with Crippen molar-refractivity contribution in [3.05, 3.63) is 40.9 Å². The van der Waals surface area contributed by atoms with Crippen LogP contribution in [0.2, 0.25) is 5.02 Å². The second-order valence-electron chi connectivity index (χ2n) is 6.14. The molecule has 9 heteroatoms. The standard InChI is InChI=1S/C16H18ClN7O/c1-11-18-19-14-3-4-15(20-24(11)14)22-5-7-23(8-6-22)16(25)13-9-12(17)10-21(13)2/h3-4,9-10H,5-8H2,1-2H3. The number of carbonyl (C=O) groups is 1. The molecule has 130 valence electrons. The first-order valence-corrected chi connectivity index (χ1v) is 8.46. The zero-order valence-electron chi connectivity index (χ0n) is 14.1. The van der Waals surface area contributed by atoms with Gasteiger partial charge in [0.15, 0.2) is 11.5 Å². The number of hydrogen-bond donors (Lipinski definition) is 0. The van der Waals surface area contributed by atoms with Gasteiger partial charge in [-0.05, 0) is 25.1 Å². The Morgan fingerprint density at radius 1 is 1.16 bits per heavy atom. The Kier molecular flexibility index (Phi) is 3.84. The lowest BCUT2D eigenvalue weighted by Gasteiger charge is -2.35. The van der Waals surface area contributed by atoms with Crippen LogP contribution in [0.3, 0.4) is 0 Å². The van der Waals surface area contributed by atoms with Gasteiger partial charge in [0.1, 0.15) is 11.5 Å². The summed E-state index contributed by atoms with van der Waals surface area (Å²) in [5.41, 5.74) is 1.34. The van der Waals surface area contributed by atoms with E-state index in [1.54, 1.807) is 21.3 Å². The molecule has 4 heterocycles. The van der Waals surface area contributed by atoms with Gasteiger partial charge >= 0.3 is 0 Å². The molecule has 3 aromatic heterocycles. The summed E-state index contributed by atoms with van der Waals surface area (Å²) in [6.45, 7) is 4.61. The number of rotatable bonds is 2. The first kappa shape index (κ1) is 15.9. The third-order valence-electron chi connectivity index (χ3n) is 4.49. The summed E-state index contributed by atoms with van der Waals surface area (Å²) in [7, 11) is 1.83. The third kappa shape index (κ3) is 2.82. The number of hydrogen-bond acceptors (Lipinski definition) is 5. The largest absolute Gasteiger partial charge is 0.352 e. The van der Waals surface area contributed by atoms with E-state index in [-0.39, 0.29) is 5.91 Å². The van der Waals surface area contributed by atoms with Gasteiger partial charge in [0, 0.05) is 39.4 Å². The van der Waals surface area contributed by atoms with Crippen molar-refractivity contribution >= 4 is 29.0 Å². The van der Waals surface area contributed by atoms with Crippen LogP contribution in [0.15, 0.2) is 24.4 Å². The number of amides is 1. The quantitative estimate of drug-likeness (QED) is 0.691. The van der Waals surface area contributed by atoms with Crippen LogP contribution >= 0.6 is 11.6 Å². The van der Waals surface area contributed by atoms with Crippen LogP contribution in [-0.4, -0.2) is 61.4 Å². The maximum Gasteiger partial charge on any atom is 0.270 e. The number of anilines is 1. The second-order valence-corrected chi connectivity index (χ2v) is 6.58. The fourth-order valence-corrected chi connectivity index (χ4v) is 3.34. The van der Waals surface area contributed by atoms with E-state index in [9.17, 15) is 4.79 Å². The predicted octanol–water partition coefficient (Wildman–Crippen LogP) is 1.39. The first-order chi connectivity index (χ1) is 12.0. The molecule has 0 radical (unpaired) electrons. The van der Waals surface area contributed by atoms with E-state index in [1.165, 1.54) is 0 Å². The van der Waals surface area contributed by atoms with Crippen LogP contribution in [0.25, 0.3) is 5.65 Å². The van der Waals surface area contributed by atoms with Gasteiger partial charge < -0.3 is 14.4 Å². The van der Waals surface area contributed by atoms with Gasteiger partial charge in [0.2, 0.25) is 0 Å². The summed E-state index contributed by atoms with van der Waals surface area (Å²) in [5.74, 6) is 1.63. The molecule has 0 aliphatic carbocycles. The monoisotopic (exact) mass is 359 g/mol. The maximum atomic E-state index is 12.7. The molecular weight excluding hydrogens is 342 g/mol. The average molecular weight is 360 g/mol. The zero-order valence-corrected chi connectivity index (χ0v) is 14.8. The number of fused-ring (bicyclic) bond motifs is 1. The summed E-state index contributed by atoms with van der Waals surface area (Å²) >= 11 is 5.98. The Balaban J connectivity index is 1.48. The van der Waals surface area contributed by atoms with Crippen molar-refractivity contribution in [1.82, 2.24) is 29.3 Å². The van der Waals surface area contributed by atoms with E-state index in [0.717, 1.165) is 30.4 Å². The van der Waals surface area contributed by atoms with Crippen molar-refractivity contribution in [3.8, 4) is 0 Å². The molecule has 3 aromatic rings. The van der Waals surface area contributed by atoms with E-state index in [0.29, 0.717) is 23.8 Å². The molecule has 1 aliphatic heterocycles. The Labute approximate surface area is 149 Å². The zero-order chi connectivity index (χ0) is 17.6. The number of aromatic nitrogens is 5. The number of carbonyl (C=O) groups excluding carboxylic acids is 1. The van der Waals surface area contributed by atoms with Crippen LogP contribution in [0.5, 0.6) is 0 Å². The number of aryl methyl sites for hydroxylation is 2. The molecule has 1 fully saturated rings. The summed E-state index contributed by atoms with van der Waals surface area (Å²) < 4.78 is 3.50. The highest BCUT2D eigenvalue weighted by molar-refractivity contribution is 6.31. The Morgan fingerprint density at radius 3 is 2.60 bits per heavy atom. The highest BCUT2D eigenvalue weighted by Crippen LogP contribution is 2.18. The van der Waals surface area contributed by atoms with Crippen LogP contribution in [0.4, 0.5) is 5.82 Å². The lowest BCUT2D eigenvalue weighted by molar-refractivity contribution is 0.0737. The van der Waals surface area contributed by atoms with Crippen LogP contribution in [0.1, 0.15) is 16.3 Å². The smallest absolute Gasteiger partial charge is 0.270 e. The van der Waals surface area contributed by atoms with Crippen molar-refractivity contribution in [2.24, 2.45) is 7.05 Å². The van der Waals surface area contributed by atoms with E-state index in [1.807, 2.05) is 31.0 Å². The highest BCUT2D eigenvalue weighted by atomic mass is 35.5. The van der Waals surface area contributed by atoms with Gasteiger partial charge in [-0.15, -0.1) is 15.3 Å². The number of piperazine rings is 1. The Bertz CT molecular complexity index is 939. The van der Waals surface area contributed by atoms with Gasteiger partial charge in [0.25, 0.3) is 5.91 Å². The Morgan fingerprint density at radius 2 is 1.92 bits per heavy atom. The SMILES string of the molecule is Cc1nnc2ccc(N3CCN(C(=O)c4cc(Cl)cn4C)CC3)nn12. The van der Waals surface area contributed by atoms with Crippen molar-refractivity contribution in [3.63, 3.8) is 0 Å². The molecule has 0 unspecified atom stereocenters. The van der Waals surface area contributed by atoms with E-state index >= 15 is 0 Å². The van der Waals surface area contributed by atoms with E-state index < -0.39 is 0 Å². The molecule has 0 N–H and O–H groups in total. The van der Waals surface area contributed by atoms with Gasteiger partial charge in [0.05, 0.1) is 5.02 Å². The third-order valence-corrected chi connectivity index (χ3v) is 4.69. The molecule has 4 rings (SSSR count). The Hall–Kier alpha value is -2.61. The molecule has 0 atom stereocenters. The molecule has 0 saturated carbocycles. The van der Waals surface area contributed by atoms with Gasteiger partial charge in [-0.3, -0.25) is 4.79 Å². The minimum absolute atomic E-state index is 0.00659. The predicted molar refractivity (Wildman–Crippen MR) is 94.1 cm³/mol. The molecule has 0 aromatic carbocycles. The molecular formula is C16H18ClN7O. The average Bonchev–Trinajstić information content (AvgIpc) is 3.16. The molecule has 1 saturated heterocycles. The van der Waals surface area contributed by atoms with E-state index in [2.05, 4.69) is 20.2 Å². The molecule has 1 aliphatic rings. The maximum absolute atomic E-state index is 12.7. The van der Waals surface area contributed by atoms with E-state index in [4.69, 9.17) is 11.6 Å². The summed E-state index contributed by atoms with van der Waals surface area (Å²) in [4.78, 5) is 16.7. The summed E-state index contributed by atoms with van der Waals surface area (Å²) in [6.07, 6.45) is 1.74. The second kappa shape index (κ2) is 6.03. The van der Waals surface area contributed by atoms with Crippen molar-refractivity contribution < 1.29 is 4.79 Å². The molecule has 0 spiro atoms. The minimum atomic E-state index is 0.00659. The minimum Gasteiger partial charge on any atom is -0.352 e. The molecule has 25 heavy (non-hydrogen) atoms. The molecule has 0 bridgehead atoms. The van der Waals surface area contributed by atoms with Gasteiger partial charge in [-0.2, -0.15) is 4.52 Å². The van der Waals surface area contributed by atoms with Gasteiger partial charge in [-0.25, -0.2) is 0 Å². The number of halogens is 1. The molecule has 1 amide bonds. The van der Waals surface area contributed by atoms with Gasteiger partial charge in [-0.1, -0.05) is 11.6 Å². The van der Waals surface area contributed by atoms with Crippen molar-refractivity contribution in [1.29, 1.82) is 0 Å².